The van der Waals surface area contributed by atoms with Crippen LogP contribution in [0.1, 0.15) is 5.56 Å². The van der Waals surface area contributed by atoms with E-state index in [1.165, 1.54) is 0 Å². The molecule has 0 amide bonds. The molecule has 2 heterocycles. The van der Waals surface area contributed by atoms with Crippen LogP contribution in [-0.4, -0.2) is 21.6 Å². The summed E-state index contributed by atoms with van der Waals surface area (Å²) in [5.41, 5.74) is 1.59. The van der Waals surface area contributed by atoms with Crippen molar-refractivity contribution in [2.24, 2.45) is 0 Å². The van der Waals surface area contributed by atoms with Gasteiger partial charge in [-0.15, -0.1) is 0 Å². The average Bonchev–Trinajstić information content (AvgIpc) is 2.90. The maximum atomic E-state index is 8.98. The first-order valence-corrected chi connectivity index (χ1v) is 5.84. The minimum Gasteiger partial charge on any atom is -0.357 e. The van der Waals surface area contributed by atoms with Crippen LogP contribution in [0.2, 0.25) is 0 Å². The highest BCUT2D eigenvalue weighted by Gasteiger charge is 2.06. The first-order chi connectivity index (χ1) is 9.31. The van der Waals surface area contributed by atoms with Gasteiger partial charge in [-0.25, -0.2) is 4.98 Å². The third kappa shape index (κ3) is 1.89. The molecule has 1 N–H and O–H groups in total. The van der Waals surface area contributed by atoms with Crippen LogP contribution in [-0.2, 0) is 0 Å². The van der Waals surface area contributed by atoms with E-state index in [-0.39, 0.29) is 0 Å². The fourth-order valence-electron chi connectivity index (χ4n) is 2.00. The van der Waals surface area contributed by atoms with Gasteiger partial charge in [-0.2, -0.15) is 10.2 Å². The zero-order chi connectivity index (χ0) is 13.2. The summed E-state index contributed by atoms with van der Waals surface area (Å²) < 4.78 is 1.94. The van der Waals surface area contributed by atoms with Crippen LogP contribution in [0.3, 0.4) is 0 Å². The van der Waals surface area contributed by atoms with E-state index in [1.807, 2.05) is 41.1 Å². The Hall–Kier alpha value is -2.87. The molecule has 0 saturated heterocycles. The van der Waals surface area contributed by atoms with E-state index in [2.05, 4.69) is 21.4 Å². The summed E-state index contributed by atoms with van der Waals surface area (Å²) in [4.78, 5) is 8.49. The maximum absolute atomic E-state index is 8.98. The van der Waals surface area contributed by atoms with Gasteiger partial charge < -0.3 is 9.88 Å². The van der Waals surface area contributed by atoms with Gasteiger partial charge in [0, 0.05) is 24.8 Å². The molecule has 0 aliphatic rings. The molecule has 5 nitrogen and oxygen atoms in total. The number of benzene rings is 1. The van der Waals surface area contributed by atoms with Crippen LogP contribution >= 0.6 is 0 Å². The Morgan fingerprint density at radius 3 is 2.95 bits per heavy atom. The number of hydrogen-bond acceptors (Lipinski definition) is 4. The highest BCUT2D eigenvalue weighted by molar-refractivity contribution is 5.83. The van der Waals surface area contributed by atoms with Gasteiger partial charge >= 0.3 is 0 Å². The first-order valence-electron chi connectivity index (χ1n) is 5.84. The van der Waals surface area contributed by atoms with E-state index in [0.29, 0.717) is 11.5 Å². The van der Waals surface area contributed by atoms with Gasteiger partial charge in [-0.3, -0.25) is 0 Å². The number of nitriles is 1. The second-order valence-electron chi connectivity index (χ2n) is 4.06. The summed E-state index contributed by atoms with van der Waals surface area (Å²) in [6.45, 7) is 0. The molecule has 0 aliphatic carbocycles. The lowest BCUT2D eigenvalue weighted by molar-refractivity contribution is 1.01. The summed E-state index contributed by atoms with van der Waals surface area (Å²) in [6.07, 6.45) is 3.64. The molecule has 19 heavy (non-hydrogen) atoms. The van der Waals surface area contributed by atoms with Crippen molar-refractivity contribution in [3.63, 3.8) is 0 Å². The summed E-state index contributed by atoms with van der Waals surface area (Å²) in [5, 5.41) is 13.0. The van der Waals surface area contributed by atoms with Crippen molar-refractivity contribution in [1.29, 1.82) is 5.26 Å². The summed E-state index contributed by atoms with van der Waals surface area (Å²) in [7, 11) is 1.78. The smallest absolute Gasteiger partial charge is 0.224 e. The number of fused-ring (bicyclic) bond motifs is 1. The molecule has 0 unspecified atom stereocenters. The van der Waals surface area contributed by atoms with Crippen molar-refractivity contribution >= 4 is 16.9 Å². The van der Waals surface area contributed by atoms with Crippen molar-refractivity contribution in [1.82, 2.24) is 14.5 Å². The Balaban J connectivity index is 2.21. The van der Waals surface area contributed by atoms with Crippen molar-refractivity contribution < 1.29 is 0 Å². The molecule has 92 valence electrons. The van der Waals surface area contributed by atoms with E-state index < -0.39 is 0 Å². The number of hydrogen-bond donors (Lipinski definition) is 1. The van der Waals surface area contributed by atoms with E-state index in [4.69, 9.17) is 5.26 Å². The minimum absolute atomic E-state index is 0.566. The molecule has 0 aliphatic heterocycles. The molecule has 0 radical (unpaired) electrons. The van der Waals surface area contributed by atoms with Crippen LogP contribution in [0.4, 0.5) is 5.95 Å². The Labute approximate surface area is 110 Å². The quantitative estimate of drug-likeness (QED) is 0.757. The first kappa shape index (κ1) is 11.2. The van der Waals surface area contributed by atoms with Crippen LogP contribution in [0.25, 0.3) is 16.7 Å². The SMILES string of the molecule is CNc1nccc(-n2ccc3ccc(C#N)cc32)n1. The molecule has 3 rings (SSSR count). The van der Waals surface area contributed by atoms with E-state index in [0.717, 1.165) is 16.7 Å². The molecule has 2 aromatic heterocycles. The molecule has 0 atom stereocenters. The van der Waals surface area contributed by atoms with Gasteiger partial charge in [0.05, 0.1) is 17.1 Å². The minimum atomic E-state index is 0.566. The van der Waals surface area contributed by atoms with Gasteiger partial charge in [-0.1, -0.05) is 6.07 Å². The normalized spacial score (nSPS) is 10.3. The van der Waals surface area contributed by atoms with Crippen LogP contribution in [0.5, 0.6) is 0 Å². The van der Waals surface area contributed by atoms with Gasteiger partial charge in [-0.05, 0) is 24.3 Å². The molecule has 0 spiro atoms. The molecule has 1 aromatic carbocycles. The van der Waals surface area contributed by atoms with Gasteiger partial charge in [0.25, 0.3) is 0 Å². The highest BCUT2D eigenvalue weighted by atomic mass is 15.1. The van der Waals surface area contributed by atoms with E-state index in [9.17, 15) is 0 Å². The predicted molar refractivity (Wildman–Crippen MR) is 73.1 cm³/mol. The van der Waals surface area contributed by atoms with Gasteiger partial charge in [0.2, 0.25) is 5.95 Å². The molecule has 0 fully saturated rings. The monoisotopic (exact) mass is 249 g/mol. The lowest BCUT2D eigenvalue weighted by atomic mass is 10.2. The fraction of sp³-hybridized carbons (Fsp3) is 0.0714. The van der Waals surface area contributed by atoms with Crippen LogP contribution in [0.15, 0.2) is 42.7 Å². The van der Waals surface area contributed by atoms with Gasteiger partial charge in [0.1, 0.15) is 5.82 Å². The lowest BCUT2D eigenvalue weighted by Crippen LogP contribution is -2.01. The molecular formula is C14H11N5. The second-order valence-corrected chi connectivity index (χ2v) is 4.06. The Bertz CT molecular complexity index is 782. The Morgan fingerprint density at radius 1 is 1.26 bits per heavy atom. The van der Waals surface area contributed by atoms with Crippen LogP contribution < -0.4 is 5.32 Å². The van der Waals surface area contributed by atoms with Crippen LogP contribution in [0, 0.1) is 11.3 Å². The van der Waals surface area contributed by atoms with E-state index in [1.54, 1.807) is 13.2 Å². The number of aromatic nitrogens is 3. The zero-order valence-corrected chi connectivity index (χ0v) is 10.3. The fourth-order valence-corrected chi connectivity index (χ4v) is 2.00. The standard InChI is InChI=1S/C14H11N5/c1-16-14-17-6-4-13(18-14)19-7-5-11-3-2-10(9-15)8-12(11)19/h2-8H,1H3,(H,16,17,18). The molecule has 5 heteroatoms. The Kier molecular flexibility index (Phi) is 2.62. The topological polar surface area (TPSA) is 66.5 Å². The Morgan fingerprint density at radius 2 is 2.16 bits per heavy atom. The summed E-state index contributed by atoms with van der Waals surface area (Å²) in [6, 6.07) is 11.6. The molecular weight excluding hydrogens is 238 g/mol. The third-order valence-electron chi connectivity index (χ3n) is 2.93. The lowest BCUT2D eigenvalue weighted by Gasteiger charge is -2.06. The number of rotatable bonds is 2. The average molecular weight is 249 g/mol. The highest BCUT2D eigenvalue weighted by Crippen LogP contribution is 2.20. The van der Waals surface area contributed by atoms with Gasteiger partial charge in [0.15, 0.2) is 0 Å². The van der Waals surface area contributed by atoms with Crippen molar-refractivity contribution in [3.05, 3.63) is 48.3 Å². The zero-order valence-electron chi connectivity index (χ0n) is 10.3. The summed E-state index contributed by atoms with van der Waals surface area (Å²) in [5.74, 6) is 1.33. The molecule has 0 bridgehead atoms. The summed E-state index contributed by atoms with van der Waals surface area (Å²) >= 11 is 0. The predicted octanol–water partition coefficient (Wildman–Crippen LogP) is 2.33. The molecule has 0 saturated carbocycles. The second kappa shape index (κ2) is 4.42. The number of nitrogens with one attached hydrogen (secondary N) is 1. The molecule has 3 aromatic rings. The maximum Gasteiger partial charge on any atom is 0.224 e. The van der Waals surface area contributed by atoms with E-state index >= 15 is 0 Å². The van der Waals surface area contributed by atoms with Crippen molar-refractivity contribution in [3.8, 4) is 11.9 Å². The van der Waals surface area contributed by atoms with Crippen molar-refractivity contribution in [2.45, 2.75) is 0 Å². The largest absolute Gasteiger partial charge is 0.357 e. The number of nitrogens with zero attached hydrogens (tertiary/aromatic N) is 4. The number of anilines is 1. The van der Waals surface area contributed by atoms with Crippen molar-refractivity contribution in [2.75, 3.05) is 12.4 Å². The third-order valence-corrected chi connectivity index (χ3v) is 2.93.